The Labute approximate surface area is 110 Å². The maximum atomic E-state index is 9.50. The van der Waals surface area contributed by atoms with Gasteiger partial charge >= 0.3 is 0 Å². The average Bonchev–Trinajstić information content (AvgIpc) is 2.74. The first-order chi connectivity index (χ1) is 8.13. The molecule has 0 aliphatic rings. The number of fused-ring (bicyclic) bond motifs is 1. The second kappa shape index (κ2) is 5.85. The van der Waals surface area contributed by atoms with Gasteiger partial charge in [0, 0.05) is 19.8 Å². The maximum Gasteiger partial charge on any atom is 0.239 e. The number of hydrogen-bond acceptors (Lipinski definition) is 6. The molecule has 100 valence electrons. The molecule has 0 unspecified atom stereocenters. The highest BCUT2D eigenvalue weighted by Gasteiger charge is 2.14. The molecule has 7 nitrogen and oxygen atoms in total. The fraction of sp³-hybridized carbons (Fsp3) is 0.400. The Hall–Kier alpha value is -1.57. The zero-order valence-corrected chi connectivity index (χ0v) is 10.6. The van der Waals surface area contributed by atoms with Gasteiger partial charge in [0.2, 0.25) is 5.88 Å². The third-order valence-corrected chi connectivity index (χ3v) is 2.53. The van der Waals surface area contributed by atoms with Crippen LogP contribution in [0.1, 0.15) is 0 Å². The summed E-state index contributed by atoms with van der Waals surface area (Å²) in [6.45, 7) is -0.0266. The van der Waals surface area contributed by atoms with Crippen molar-refractivity contribution in [3.8, 4) is 5.88 Å². The third kappa shape index (κ3) is 2.63. The van der Waals surface area contributed by atoms with Gasteiger partial charge in [-0.05, 0) is 0 Å². The molecule has 0 radical (unpaired) electrons. The number of aromatic nitrogens is 3. The number of rotatable bonds is 4. The molecule has 18 heavy (non-hydrogen) atoms. The van der Waals surface area contributed by atoms with E-state index in [-0.39, 0.29) is 31.4 Å². The number of aliphatic hydroxyl groups is 2. The Morgan fingerprint density at radius 1 is 1.44 bits per heavy atom. The summed E-state index contributed by atoms with van der Waals surface area (Å²) in [6, 6.07) is 0. The number of aliphatic hydroxyl groups excluding tert-OH is 2. The van der Waals surface area contributed by atoms with Gasteiger partial charge in [0.25, 0.3) is 0 Å². The molecule has 0 saturated carbocycles. The molecular formula is C10H15ClN4O3. The number of hydrogen-bond donors (Lipinski definition) is 4. The van der Waals surface area contributed by atoms with Gasteiger partial charge < -0.3 is 25.2 Å². The van der Waals surface area contributed by atoms with Crippen LogP contribution in [-0.4, -0.2) is 56.6 Å². The van der Waals surface area contributed by atoms with Crippen molar-refractivity contribution < 1.29 is 15.3 Å². The molecule has 2 aromatic heterocycles. The van der Waals surface area contributed by atoms with Crippen LogP contribution in [0.4, 0.5) is 5.69 Å². The van der Waals surface area contributed by atoms with Gasteiger partial charge in [0.15, 0.2) is 0 Å². The van der Waals surface area contributed by atoms with Crippen molar-refractivity contribution in [3.63, 3.8) is 0 Å². The van der Waals surface area contributed by atoms with E-state index in [1.165, 1.54) is 6.33 Å². The molecule has 0 aromatic carbocycles. The van der Waals surface area contributed by atoms with Gasteiger partial charge in [-0.15, -0.1) is 12.4 Å². The summed E-state index contributed by atoms with van der Waals surface area (Å²) in [5.74, 6) is -0.114. The standard InChI is InChI=1S/C10H14N4O3.ClH/c1-14(3-6(16)4-15)7-2-11-9-8(7)12-5-13-10(9)17;/h2,5-6,11,15-16H,3-4H2,1H3,(H,12,13,17);1H/t6-;/m0./s1. The van der Waals surface area contributed by atoms with Crippen LogP contribution in [-0.2, 0) is 0 Å². The summed E-state index contributed by atoms with van der Waals surface area (Å²) in [6.07, 6.45) is 2.12. The molecule has 0 aliphatic carbocycles. The van der Waals surface area contributed by atoms with Crippen molar-refractivity contribution in [1.82, 2.24) is 15.0 Å². The number of halogens is 1. The first-order valence-electron chi connectivity index (χ1n) is 5.14. The number of aromatic amines is 1. The van der Waals surface area contributed by atoms with E-state index in [0.29, 0.717) is 11.0 Å². The fourth-order valence-electron chi connectivity index (χ4n) is 1.68. The summed E-state index contributed by atoms with van der Waals surface area (Å²) in [7, 11) is 1.76. The van der Waals surface area contributed by atoms with Crippen molar-refractivity contribution in [2.45, 2.75) is 6.10 Å². The van der Waals surface area contributed by atoms with Gasteiger partial charge in [0.1, 0.15) is 17.4 Å². The SMILES string of the molecule is CN(C[C@H](O)CO)c1c[nH]c2c(O)ncnc12.Cl. The Morgan fingerprint density at radius 2 is 2.17 bits per heavy atom. The molecule has 2 rings (SSSR count). The number of anilines is 1. The van der Waals surface area contributed by atoms with Crippen LogP contribution in [0.5, 0.6) is 5.88 Å². The highest BCUT2D eigenvalue weighted by Crippen LogP contribution is 2.27. The lowest BCUT2D eigenvalue weighted by atomic mass is 10.3. The number of nitrogens with one attached hydrogen (secondary N) is 1. The minimum Gasteiger partial charge on any atom is -0.492 e. The topological polar surface area (TPSA) is 106 Å². The second-order valence-corrected chi connectivity index (χ2v) is 3.81. The zero-order chi connectivity index (χ0) is 12.4. The lowest BCUT2D eigenvalue weighted by Gasteiger charge is -2.20. The van der Waals surface area contributed by atoms with Crippen LogP contribution in [0.15, 0.2) is 12.5 Å². The number of aromatic hydroxyl groups is 1. The summed E-state index contributed by atoms with van der Waals surface area (Å²) < 4.78 is 0. The van der Waals surface area contributed by atoms with Crippen LogP contribution in [0.3, 0.4) is 0 Å². The lowest BCUT2D eigenvalue weighted by Crippen LogP contribution is -2.31. The van der Waals surface area contributed by atoms with E-state index in [0.717, 1.165) is 5.69 Å². The van der Waals surface area contributed by atoms with Crippen molar-refractivity contribution in [3.05, 3.63) is 12.5 Å². The second-order valence-electron chi connectivity index (χ2n) is 3.81. The first-order valence-corrected chi connectivity index (χ1v) is 5.14. The van der Waals surface area contributed by atoms with Crippen molar-refractivity contribution in [1.29, 1.82) is 0 Å². The van der Waals surface area contributed by atoms with Crippen LogP contribution in [0.2, 0.25) is 0 Å². The smallest absolute Gasteiger partial charge is 0.239 e. The Bertz CT molecular complexity index is 519. The van der Waals surface area contributed by atoms with E-state index in [1.807, 2.05) is 0 Å². The quantitative estimate of drug-likeness (QED) is 0.619. The monoisotopic (exact) mass is 274 g/mol. The van der Waals surface area contributed by atoms with E-state index >= 15 is 0 Å². The fourth-order valence-corrected chi connectivity index (χ4v) is 1.68. The molecule has 0 aliphatic heterocycles. The minimum absolute atomic E-state index is 0. The zero-order valence-electron chi connectivity index (χ0n) is 9.74. The summed E-state index contributed by atoms with van der Waals surface area (Å²) >= 11 is 0. The first kappa shape index (κ1) is 14.5. The van der Waals surface area contributed by atoms with Crippen LogP contribution >= 0.6 is 12.4 Å². The van der Waals surface area contributed by atoms with Crippen LogP contribution in [0, 0.1) is 0 Å². The Kier molecular flexibility index (Phi) is 4.71. The predicted octanol–water partition coefficient (Wildman–Crippen LogP) is -0.125. The third-order valence-electron chi connectivity index (χ3n) is 2.53. The number of nitrogens with zero attached hydrogens (tertiary/aromatic N) is 3. The molecular weight excluding hydrogens is 260 g/mol. The molecule has 4 N–H and O–H groups in total. The summed E-state index contributed by atoms with van der Waals surface area (Å²) in [5.41, 5.74) is 1.75. The molecule has 2 heterocycles. The summed E-state index contributed by atoms with van der Waals surface area (Å²) in [4.78, 5) is 12.3. The molecule has 8 heteroatoms. The van der Waals surface area contributed by atoms with Gasteiger partial charge in [-0.3, -0.25) is 0 Å². The molecule has 0 saturated heterocycles. The van der Waals surface area contributed by atoms with Crippen molar-refractivity contribution >= 4 is 29.1 Å². The highest BCUT2D eigenvalue weighted by atomic mass is 35.5. The van der Waals surface area contributed by atoms with Crippen LogP contribution in [0.25, 0.3) is 11.0 Å². The van der Waals surface area contributed by atoms with Gasteiger partial charge in [-0.1, -0.05) is 0 Å². The molecule has 0 amide bonds. The average molecular weight is 275 g/mol. The number of H-pyrrole nitrogens is 1. The maximum absolute atomic E-state index is 9.50. The Morgan fingerprint density at radius 3 is 2.83 bits per heavy atom. The van der Waals surface area contributed by atoms with E-state index in [4.69, 9.17) is 5.11 Å². The van der Waals surface area contributed by atoms with Crippen molar-refractivity contribution in [2.75, 3.05) is 25.1 Å². The van der Waals surface area contributed by atoms with Gasteiger partial charge in [-0.2, -0.15) is 0 Å². The van der Waals surface area contributed by atoms with Gasteiger partial charge in [0.05, 0.1) is 18.4 Å². The largest absolute Gasteiger partial charge is 0.492 e. The number of likely N-dealkylation sites (N-methyl/N-ethyl adjacent to an activating group) is 1. The molecule has 0 bridgehead atoms. The molecule has 0 fully saturated rings. The van der Waals surface area contributed by atoms with E-state index in [9.17, 15) is 10.2 Å². The molecule has 0 spiro atoms. The lowest BCUT2D eigenvalue weighted by molar-refractivity contribution is 0.101. The van der Waals surface area contributed by atoms with E-state index in [1.54, 1.807) is 18.1 Å². The highest BCUT2D eigenvalue weighted by molar-refractivity contribution is 5.91. The summed E-state index contributed by atoms with van der Waals surface area (Å²) in [5, 5.41) is 27.7. The van der Waals surface area contributed by atoms with Crippen LogP contribution < -0.4 is 4.90 Å². The van der Waals surface area contributed by atoms with Gasteiger partial charge in [-0.25, -0.2) is 9.97 Å². The predicted molar refractivity (Wildman–Crippen MR) is 69.2 cm³/mol. The molecule has 1 atom stereocenters. The molecule has 2 aromatic rings. The Balaban J connectivity index is 0.00000162. The minimum atomic E-state index is -0.819. The normalized spacial score (nSPS) is 12.2. The van der Waals surface area contributed by atoms with Crippen molar-refractivity contribution in [2.24, 2.45) is 0 Å². The van der Waals surface area contributed by atoms with E-state index < -0.39 is 6.10 Å². The van der Waals surface area contributed by atoms with E-state index in [2.05, 4.69) is 15.0 Å².